The molecule has 0 saturated carbocycles. The summed E-state index contributed by atoms with van der Waals surface area (Å²) in [7, 11) is 0. The fraction of sp³-hybridized carbons (Fsp3) is 0.391. The van der Waals surface area contributed by atoms with Gasteiger partial charge in [-0.3, -0.25) is 9.59 Å². The number of halogens is 1. The van der Waals surface area contributed by atoms with E-state index in [2.05, 4.69) is 5.32 Å². The molecule has 0 spiro atoms. The molecular formula is C23H25ClN2O5. The highest BCUT2D eigenvalue weighted by atomic mass is 35.5. The van der Waals surface area contributed by atoms with Crippen molar-refractivity contribution in [1.29, 1.82) is 0 Å². The summed E-state index contributed by atoms with van der Waals surface area (Å²) >= 11 is 6.06. The molecule has 2 amide bonds. The number of likely N-dealkylation sites (tertiary alicyclic amines) is 1. The summed E-state index contributed by atoms with van der Waals surface area (Å²) in [6.45, 7) is 1.89. The van der Waals surface area contributed by atoms with E-state index in [1.807, 2.05) is 23.1 Å². The Bertz CT molecular complexity index is 943. The fourth-order valence-corrected chi connectivity index (χ4v) is 3.90. The van der Waals surface area contributed by atoms with E-state index in [1.165, 1.54) is 0 Å². The lowest BCUT2D eigenvalue weighted by Crippen LogP contribution is -2.46. The molecule has 2 heterocycles. The van der Waals surface area contributed by atoms with Crippen molar-refractivity contribution in [2.45, 2.75) is 31.7 Å². The normalized spacial score (nSPS) is 15.6. The van der Waals surface area contributed by atoms with E-state index in [9.17, 15) is 9.59 Å². The maximum Gasteiger partial charge on any atom is 0.251 e. The van der Waals surface area contributed by atoms with Gasteiger partial charge in [-0.15, -0.1) is 0 Å². The van der Waals surface area contributed by atoms with Gasteiger partial charge >= 0.3 is 0 Å². The van der Waals surface area contributed by atoms with Gasteiger partial charge in [0.05, 0.1) is 11.6 Å². The molecule has 0 atom stereocenters. The van der Waals surface area contributed by atoms with Crippen molar-refractivity contribution in [2.24, 2.45) is 0 Å². The average Bonchev–Trinajstić information content (AvgIpc) is 3.26. The number of para-hydroxylation sites is 1. The molecule has 2 aliphatic rings. The molecule has 164 valence electrons. The Morgan fingerprint density at radius 1 is 1.10 bits per heavy atom. The number of amides is 2. The van der Waals surface area contributed by atoms with E-state index >= 15 is 0 Å². The summed E-state index contributed by atoms with van der Waals surface area (Å²) in [5.74, 6) is 1.85. The lowest BCUT2D eigenvalue weighted by atomic mass is 10.0. The third kappa shape index (κ3) is 5.41. The molecule has 0 unspecified atom stereocenters. The Morgan fingerprint density at radius 2 is 1.87 bits per heavy atom. The SMILES string of the molecule is O=C(NC1CCN(C(=O)CCCOc2ccccc2Cl)CC1)c1ccc2c(c1)OCO2. The van der Waals surface area contributed by atoms with Crippen LogP contribution in [0.15, 0.2) is 42.5 Å². The molecule has 0 aliphatic carbocycles. The summed E-state index contributed by atoms with van der Waals surface area (Å²) in [6, 6.07) is 12.5. The summed E-state index contributed by atoms with van der Waals surface area (Å²) in [5.41, 5.74) is 0.543. The molecule has 1 fully saturated rings. The zero-order valence-electron chi connectivity index (χ0n) is 17.1. The molecule has 0 radical (unpaired) electrons. The van der Waals surface area contributed by atoms with Gasteiger partial charge in [0.15, 0.2) is 11.5 Å². The highest BCUT2D eigenvalue weighted by Gasteiger charge is 2.24. The van der Waals surface area contributed by atoms with Crippen LogP contribution >= 0.6 is 11.6 Å². The summed E-state index contributed by atoms with van der Waals surface area (Å²) in [6.07, 6.45) is 2.53. The Morgan fingerprint density at radius 3 is 2.68 bits per heavy atom. The van der Waals surface area contributed by atoms with E-state index in [0.29, 0.717) is 60.4 Å². The zero-order chi connectivity index (χ0) is 21.6. The van der Waals surface area contributed by atoms with Crippen molar-refractivity contribution in [3.63, 3.8) is 0 Å². The first-order valence-corrected chi connectivity index (χ1v) is 10.8. The Hall–Kier alpha value is -2.93. The molecular weight excluding hydrogens is 420 g/mol. The molecule has 8 heteroatoms. The Kier molecular flexibility index (Phi) is 6.82. The zero-order valence-corrected chi connectivity index (χ0v) is 17.9. The standard InChI is InChI=1S/C23H25ClN2O5/c24-18-4-1-2-5-19(18)29-13-3-6-22(27)26-11-9-17(10-12-26)25-23(28)16-7-8-20-21(14-16)31-15-30-20/h1-2,4-5,7-8,14,17H,3,6,9-13,15H2,(H,25,28). The number of nitrogens with zero attached hydrogens (tertiary/aromatic N) is 1. The van der Waals surface area contributed by atoms with Gasteiger partial charge < -0.3 is 24.4 Å². The quantitative estimate of drug-likeness (QED) is 0.659. The Balaban J connectivity index is 1.16. The van der Waals surface area contributed by atoms with Crippen LogP contribution in [0.25, 0.3) is 0 Å². The molecule has 0 bridgehead atoms. The van der Waals surface area contributed by atoms with Crippen LogP contribution in [0.3, 0.4) is 0 Å². The van der Waals surface area contributed by atoms with Crippen molar-refractivity contribution in [2.75, 3.05) is 26.5 Å². The molecule has 1 saturated heterocycles. The second-order valence-electron chi connectivity index (χ2n) is 7.58. The smallest absolute Gasteiger partial charge is 0.251 e. The van der Waals surface area contributed by atoms with Gasteiger partial charge in [0.1, 0.15) is 5.75 Å². The summed E-state index contributed by atoms with van der Waals surface area (Å²) in [5, 5.41) is 3.62. The second kappa shape index (κ2) is 9.92. The van der Waals surface area contributed by atoms with Gasteiger partial charge in [-0.1, -0.05) is 23.7 Å². The number of hydrogen-bond acceptors (Lipinski definition) is 5. The van der Waals surface area contributed by atoms with Crippen LogP contribution in [0, 0.1) is 0 Å². The summed E-state index contributed by atoms with van der Waals surface area (Å²) in [4.78, 5) is 26.9. The van der Waals surface area contributed by atoms with Gasteiger partial charge in [0.25, 0.3) is 5.91 Å². The van der Waals surface area contributed by atoms with E-state index in [4.69, 9.17) is 25.8 Å². The van der Waals surface area contributed by atoms with Crippen molar-refractivity contribution >= 4 is 23.4 Å². The Labute approximate surface area is 186 Å². The van der Waals surface area contributed by atoms with Crippen molar-refractivity contribution in [3.8, 4) is 17.2 Å². The topological polar surface area (TPSA) is 77.1 Å². The lowest BCUT2D eigenvalue weighted by Gasteiger charge is -2.32. The number of piperidine rings is 1. The molecule has 2 aliphatic heterocycles. The minimum absolute atomic E-state index is 0.0468. The molecule has 4 rings (SSSR count). The van der Waals surface area contributed by atoms with Gasteiger partial charge in [-0.25, -0.2) is 0 Å². The third-order valence-electron chi connectivity index (χ3n) is 5.45. The minimum atomic E-state index is -0.139. The largest absolute Gasteiger partial charge is 0.492 e. The van der Waals surface area contributed by atoms with Crippen LogP contribution in [0.4, 0.5) is 0 Å². The number of hydrogen-bond donors (Lipinski definition) is 1. The number of rotatable bonds is 7. The predicted octanol–water partition coefficient (Wildman–Crippen LogP) is 3.65. The van der Waals surface area contributed by atoms with Gasteiger partial charge in [0, 0.05) is 31.1 Å². The summed E-state index contributed by atoms with van der Waals surface area (Å²) < 4.78 is 16.2. The van der Waals surface area contributed by atoms with Gasteiger partial charge in [0.2, 0.25) is 12.7 Å². The fourth-order valence-electron chi connectivity index (χ4n) is 3.71. The number of carbonyl (C=O) groups excluding carboxylic acids is 2. The molecule has 31 heavy (non-hydrogen) atoms. The van der Waals surface area contributed by atoms with Crippen molar-refractivity contribution in [1.82, 2.24) is 10.2 Å². The first kappa shape index (κ1) is 21.3. The van der Waals surface area contributed by atoms with E-state index in [0.717, 1.165) is 12.8 Å². The first-order chi connectivity index (χ1) is 15.1. The molecule has 7 nitrogen and oxygen atoms in total. The average molecular weight is 445 g/mol. The van der Waals surface area contributed by atoms with Crippen LogP contribution in [-0.2, 0) is 4.79 Å². The van der Waals surface area contributed by atoms with Crippen LogP contribution in [0.2, 0.25) is 5.02 Å². The predicted molar refractivity (Wildman–Crippen MR) is 116 cm³/mol. The highest BCUT2D eigenvalue weighted by molar-refractivity contribution is 6.32. The van der Waals surface area contributed by atoms with Gasteiger partial charge in [-0.2, -0.15) is 0 Å². The van der Waals surface area contributed by atoms with Crippen LogP contribution < -0.4 is 19.5 Å². The van der Waals surface area contributed by atoms with Gasteiger partial charge in [-0.05, 0) is 49.6 Å². The second-order valence-corrected chi connectivity index (χ2v) is 7.99. The maximum absolute atomic E-state index is 12.5. The number of carbonyl (C=O) groups is 2. The lowest BCUT2D eigenvalue weighted by molar-refractivity contribution is -0.132. The van der Waals surface area contributed by atoms with E-state index in [1.54, 1.807) is 24.3 Å². The van der Waals surface area contributed by atoms with Crippen molar-refractivity contribution in [3.05, 3.63) is 53.1 Å². The molecule has 0 aromatic heterocycles. The molecule has 1 N–H and O–H groups in total. The number of ether oxygens (including phenoxy) is 3. The number of benzene rings is 2. The number of nitrogens with one attached hydrogen (secondary N) is 1. The van der Waals surface area contributed by atoms with Crippen LogP contribution in [-0.4, -0.2) is 49.2 Å². The van der Waals surface area contributed by atoms with Crippen molar-refractivity contribution < 1.29 is 23.8 Å². The van der Waals surface area contributed by atoms with Crippen LogP contribution in [0.1, 0.15) is 36.0 Å². The maximum atomic E-state index is 12.5. The molecule has 2 aromatic carbocycles. The first-order valence-electron chi connectivity index (χ1n) is 10.5. The van der Waals surface area contributed by atoms with Crippen LogP contribution in [0.5, 0.6) is 17.2 Å². The molecule has 2 aromatic rings. The minimum Gasteiger partial charge on any atom is -0.492 e. The third-order valence-corrected chi connectivity index (χ3v) is 5.76. The monoisotopic (exact) mass is 444 g/mol. The van der Waals surface area contributed by atoms with E-state index < -0.39 is 0 Å². The van der Waals surface area contributed by atoms with E-state index in [-0.39, 0.29) is 24.6 Å². The number of fused-ring (bicyclic) bond motifs is 1. The highest BCUT2D eigenvalue weighted by Crippen LogP contribution is 2.32.